The van der Waals surface area contributed by atoms with Crippen molar-refractivity contribution < 1.29 is 23.9 Å². The molecule has 19 heavy (non-hydrogen) atoms. The molecule has 0 saturated carbocycles. The Morgan fingerprint density at radius 3 is 2.79 bits per heavy atom. The molecule has 0 amide bonds. The molecule has 5 heteroatoms. The van der Waals surface area contributed by atoms with Crippen LogP contribution in [0, 0.1) is 0 Å². The van der Waals surface area contributed by atoms with Gasteiger partial charge in [0.15, 0.2) is 17.3 Å². The molecule has 3 rings (SSSR count). The number of ketones is 1. The molecule has 1 aromatic carbocycles. The molecule has 1 aromatic rings. The van der Waals surface area contributed by atoms with Crippen LogP contribution >= 0.6 is 0 Å². The normalized spacial score (nSPS) is 18.5. The Morgan fingerprint density at radius 1 is 1.16 bits per heavy atom. The van der Waals surface area contributed by atoms with Gasteiger partial charge in [-0.3, -0.25) is 4.79 Å². The highest BCUT2D eigenvalue weighted by atomic mass is 16.7. The molecule has 0 atom stereocenters. The van der Waals surface area contributed by atoms with Crippen molar-refractivity contribution in [1.29, 1.82) is 0 Å². The van der Waals surface area contributed by atoms with Gasteiger partial charge >= 0.3 is 0 Å². The Kier molecular flexibility index (Phi) is 3.66. The molecule has 1 N–H and O–H groups in total. The third-order valence-corrected chi connectivity index (χ3v) is 3.60. The van der Waals surface area contributed by atoms with Crippen LogP contribution in [0.2, 0.25) is 0 Å². The van der Waals surface area contributed by atoms with E-state index in [-0.39, 0.29) is 12.6 Å². The molecule has 0 bridgehead atoms. The Morgan fingerprint density at radius 2 is 1.95 bits per heavy atom. The van der Waals surface area contributed by atoms with Gasteiger partial charge < -0.3 is 19.1 Å². The van der Waals surface area contributed by atoms with E-state index in [2.05, 4.69) is 0 Å². The summed E-state index contributed by atoms with van der Waals surface area (Å²) in [5.74, 6) is 1.55. The standard InChI is InChI=1S/C14H17NO4/c16-12(3-4-15-5-7-17-8-6-15)11-1-2-13-14(9-11)19-10-18-13/h1-2,9H,3-8,10H2/p+1. The number of fused-ring (bicyclic) bond motifs is 1. The van der Waals surface area contributed by atoms with E-state index in [1.807, 2.05) is 6.07 Å². The Balaban J connectivity index is 1.57. The molecule has 102 valence electrons. The third-order valence-electron chi connectivity index (χ3n) is 3.60. The number of nitrogens with one attached hydrogen (secondary N) is 1. The van der Waals surface area contributed by atoms with Gasteiger partial charge in [-0.2, -0.15) is 0 Å². The molecule has 0 aliphatic carbocycles. The zero-order valence-corrected chi connectivity index (χ0v) is 10.8. The van der Waals surface area contributed by atoms with Crippen molar-refractivity contribution >= 4 is 5.78 Å². The Bertz CT molecular complexity index is 469. The SMILES string of the molecule is O=C(CC[NH+]1CCOCC1)c1ccc2c(c1)OCO2. The average Bonchev–Trinajstić information content (AvgIpc) is 2.93. The highest BCUT2D eigenvalue weighted by molar-refractivity contribution is 5.96. The molecule has 2 heterocycles. The summed E-state index contributed by atoms with van der Waals surface area (Å²) in [6.45, 7) is 4.70. The quantitative estimate of drug-likeness (QED) is 0.772. The molecular weight excluding hydrogens is 246 g/mol. The van der Waals surface area contributed by atoms with Crippen LogP contribution in [0.4, 0.5) is 0 Å². The number of benzene rings is 1. The van der Waals surface area contributed by atoms with E-state index in [0.29, 0.717) is 17.7 Å². The van der Waals surface area contributed by atoms with Crippen LogP contribution in [0.3, 0.4) is 0 Å². The fourth-order valence-corrected chi connectivity index (χ4v) is 2.41. The minimum atomic E-state index is 0.164. The van der Waals surface area contributed by atoms with Crippen LogP contribution in [0.15, 0.2) is 18.2 Å². The monoisotopic (exact) mass is 264 g/mol. The summed E-state index contributed by atoms with van der Waals surface area (Å²) in [4.78, 5) is 13.6. The van der Waals surface area contributed by atoms with E-state index in [1.54, 1.807) is 12.1 Å². The second kappa shape index (κ2) is 5.59. The van der Waals surface area contributed by atoms with E-state index in [0.717, 1.165) is 38.6 Å². The van der Waals surface area contributed by atoms with Crippen molar-refractivity contribution in [3.63, 3.8) is 0 Å². The van der Waals surface area contributed by atoms with Crippen molar-refractivity contribution in [1.82, 2.24) is 0 Å². The van der Waals surface area contributed by atoms with Gasteiger partial charge in [-0.1, -0.05) is 0 Å². The van der Waals surface area contributed by atoms with E-state index >= 15 is 0 Å². The summed E-state index contributed by atoms with van der Waals surface area (Å²) in [5, 5.41) is 0. The molecule has 0 radical (unpaired) electrons. The number of rotatable bonds is 4. The molecule has 5 nitrogen and oxygen atoms in total. The number of hydrogen-bond acceptors (Lipinski definition) is 4. The van der Waals surface area contributed by atoms with E-state index in [9.17, 15) is 4.79 Å². The van der Waals surface area contributed by atoms with Gasteiger partial charge in [0, 0.05) is 5.56 Å². The van der Waals surface area contributed by atoms with Gasteiger partial charge in [0.05, 0.1) is 26.2 Å². The van der Waals surface area contributed by atoms with Crippen LogP contribution in [0.1, 0.15) is 16.8 Å². The molecule has 0 unspecified atom stereocenters. The molecule has 1 fully saturated rings. The van der Waals surface area contributed by atoms with Gasteiger partial charge in [0.2, 0.25) is 6.79 Å². The summed E-state index contributed by atoms with van der Waals surface area (Å²) in [6, 6.07) is 5.39. The molecule has 0 aromatic heterocycles. The molecule has 2 aliphatic heterocycles. The van der Waals surface area contributed by atoms with Gasteiger partial charge in [0.25, 0.3) is 0 Å². The van der Waals surface area contributed by atoms with Gasteiger partial charge in [-0.25, -0.2) is 0 Å². The summed E-state index contributed by atoms with van der Waals surface area (Å²) in [5.41, 5.74) is 0.705. The van der Waals surface area contributed by atoms with Crippen LogP contribution in [0.25, 0.3) is 0 Å². The molecule has 0 spiro atoms. The summed E-state index contributed by atoms with van der Waals surface area (Å²) in [6.07, 6.45) is 0.564. The first kappa shape index (κ1) is 12.4. The smallest absolute Gasteiger partial charge is 0.231 e. The van der Waals surface area contributed by atoms with Crippen LogP contribution in [-0.2, 0) is 4.74 Å². The number of hydrogen-bond donors (Lipinski definition) is 1. The maximum atomic E-state index is 12.1. The zero-order chi connectivity index (χ0) is 13.1. The number of carbonyl (C=O) groups excluding carboxylic acids is 1. The highest BCUT2D eigenvalue weighted by Crippen LogP contribution is 2.32. The first-order valence-electron chi connectivity index (χ1n) is 6.67. The van der Waals surface area contributed by atoms with Crippen molar-refractivity contribution in [2.45, 2.75) is 6.42 Å². The molecular formula is C14H18NO4+. The minimum Gasteiger partial charge on any atom is -0.454 e. The number of carbonyl (C=O) groups is 1. The van der Waals surface area contributed by atoms with Crippen molar-refractivity contribution in [3.05, 3.63) is 23.8 Å². The van der Waals surface area contributed by atoms with Crippen molar-refractivity contribution in [3.8, 4) is 11.5 Å². The summed E-state index contributed by atoms with van der Waals surface area (Å²) >= 11 is 0. The van der Waals surface area contributed by atoms with Crippen LogP contribution in [-0.4, -0.2) is 45.4 Å². The van der Waals surface area contributed by atoms with Gasteiger partial charge in [-0.05, 0) is 18.2 Å². The lowest BCUT2D eigenvalue weighted by molar-refractivity contribution is -0.907. The lowest BCUT2D eigenvalue weighted by atomic mass is 10.1. The Labute approximate surface area is 112 Å². The summed E-state index contributed by atoms with van der Waals surface area (Å²) < 4.78 is 15.8. The second-order valence-electron chi connectivity index (χ2n) is 4.85. The fraction of sp³-hybridized carbons (Fsp3) is 0.500. The van der Waals surface area contributed by atoms with Crippen molar-refractivity contribution in [2.24, 2.45) is 0 Å². The van der Waals surface area contributed by atoms with E-state index in [4.69, 9.17) is 14.2 Å². The third kappa shape index (κ3) is 2.88. The molecule has 1 saturated heterocycles. The largest absolute Gasteiger partial charge is 0.454 e. The van der Waals surface area contributed by atoms with Gasteiger partial charge in [-0.15, -0.1) is 0 Å². The topological polar surface area (TPSA) is 49.2 Å². The number of Topliss-reactive ketones (excluding diaryl/α,β-unsaturated/α-hetero) is 1. The van der Waals surface area contributed by atoms with Crippen LogP contribution < -0.4 is 14.4 Å². The highest BCUT2D eigenvalue weighted by Gasteiger charge is 2.18. The maximum absolute atomic E-state index is 12.1. The van der Waals surface area contributed by atoms with Crippen molar-refractivity contribution in [2.75, 3.05) is 39.6 Å². The number of quaternary nitrogens is 1. The number of morpholine rings is 1. The first-order valence-corrected chi connectivity index (χ1v) is 6.67. The first-order chi connectivity index (χ1) is 9.33. The zero-order valence-electron chi connectivity index (χ0n) is 10.8. The predicted octanol–water partition coefficient (Wildman–Crippen LogP) is -0.0968. The van der Waals surface area contributed by atoms with Gasteiger partial charge in [0.1, 0.15) is 13.1 Å². The second-order valence-corrected chi connectivity index (χ2v) is 4.85. The maximum Gasteiger partial charge on any atom is 0.231 e. The van der Waals surface area contributed by atoms with Crippen LogP contribution in [0.5, 0.6) is 11.5 Å². The summed E-state index contributed by atoms with van der Waals surface area (Å²) in [7, 11) is 0. The minimum absolute atomic E-state index is 0.164. The lowest BCUT2D eigenvalue weighted by Crippen LogP contribution is -3.14. The average molecular weight is 264 g/mol. The lowest BCUT2D eigenvalue weighted by Gasteiger charge is -2.23. The predicted molar refractivity (Wildman–Crippen MR) is 67.9 cm³/mol. The van der Waals surface area contributed by atoms with E-state index < -0.39 is 0 Å². The molecule has 2 aliphatic rings. The number of ether oxygens (including phenoxy) is 3. The fourth-order valence-electron chi connectivity index (χ4n) is 2.41. The van der Waals surface area contributed by atoms with E-state index in [1.165, 1.54) is 4.90 Å². The Hall–Kier alpha value is -1.59.